The molecule has 0 unspecified atom stereocenters. The lowest BCUT2D eigenvalue weighted by molar-refractivity contribution is -0.142. The maximum Gasteiger partial charge on any atom is 0.306 e. The van der Waals surface area contributed by atoms with Crippen LogP contribution in [-0.4, -0.2) is 18.4 Å². The molecular weight excluding hydrogens is 192 g/mol. The van der Waals surface area contributed by atoms with E-state index in [1.165, 1.54) is 0 Å². The third kappa shape index (κ3) is 10.8. The van der Waals surface area contributed by atoms with Crippen LogP contribution in [0.15, 0.2) is 12.2 Å². The second-order valence-electron chi connectivity index (χ2n) is 3.50. The molecule has 3 nitrogen and oxygen atoms in total. The number of carbonyl (C=O) groups is 2. The van der Waals surface area contributed by atoms with Crippen molar-refractivity contribution in [3.05, 3.63) is 12.2 Å². The van der Waals surface area contributed by atoms with Crippen LogP contribution in [0, 0.1) is 0 Å². The second kappa shape index (κ2) is 9.44. The van der Waals surface area contributed by atoms with Crippen molar-refractivity contribution in [3.8, 4) is 0 Å². The first-order valence-corrected chi connectivity index (χ1v) is 5.47. The van der Waals surface area contributed by atoms with E-state index in [9.17, 15) is 9.59 Å². The average molecular weight is 212 g/mol. The third-order valence-corrected chi connectivity index (χ3v) is 1.86. The van der Waals surface area contributed by atoms with Crippen LogP contribution in [0.2, 0.25) is 0 Å². The quantitative estimate of drug-likeness (QED) is 0.353. The second-order valence-corrected chi connectivity index (χ2v) is 3.50. The molecule has 0 aromatic heterocycles. The van der Waals surface area contributed by atoms with E-state index < -0.39 is 0 Å². The Bertz CT molecular complexity index is 219. The van der Waals surface area contributed by atoms with Crippen LogP contribution in [0.25, 0.3) is 0 Å². The highest BCUT2D eigenvalue weighted by molar-refractivity contribution is 5.75. The van der Waals surface area contributed by atoms with Crippen LogP contribution in [0.5, 0.6) is 0 Å². The predicted octanol–water partition coefficient (Wildman–Crippen LogP) is 2.65. The van der Waals surface area contributed by atoms with E-state index in [0.717, 1.165) is 19.3 Å². The van der Waals surface area contributed by atoms with Crippen molar-refractivity contribution in [1.82, 2.24) is 0 Å². The lowest BCUT2D eigenvalue weighted by atomic mass is 10.2. The molecule has 15 heavy (non-hydrogen) atoms. The minimum absolute atomic E-state index is 0.147. The summed E-state index contributed by atoms with van der Waals surface area (Å²) in [5.41, 5.74) is 0. The van der Waals surface area contributed by atoms with E-state index in [1.807, 2.05) is 19.1 Å². The molecule has 0 aliphatic heterocycles. The smallest absolute Gasteiger partial charge is 0.306 e. The summed E-state index contributed by atoms with van der Waals surface area (Å²) in [4.78, 5) is 21.5. The van der Waals surface area contributed by atoms with Gasteiger partial charge in [-0.3, -0.25) is 4.79 Å². The van der Waals surface area contributed by atoms with Gasteiger partial charge >= 0.3 is 5.97 Å². The summed E-state index contributed by atoms with van der Waals surface area (Å²) >= 11 is 0. The molecule has 0 spiro atoms. The Morgan fingerprint density at radius 1 is 1.20 bits per heavy atom. The van der Waals surface area contributed by atoms with E-state index in [0.29, 0.717) is 19.4 Å². The molecule has 3 heteroatoms. The monoisotopic (exact) mass is 212 g/mol. The highest BCUT2D eigenvalue weighted by Crippen LogP contribution is 1.97. The molecule has 86 valence electrons. The van der Waals surface area contributed by atoms with Crippen LogP contribution < -0.4 is 0 Å². The number of hydrogen-bond acceptors (Lipinski definition) is 3. The lowest BCUT2D eigenvalue weighted by Crippen LogP contribution is -2.03. The van der Waals surface area contributed by atoms with Gasteiger partial charge in [-0.1, -0.05) is 19.1 Å². The SMILES string of the molecule is CCCC(=O)OC/C=C/CCCC(C)=O. The number of unbranched alkanes of at least 4 members (excludes halogenated alkanes) is 1. The van der Waals surface area contributed by atoms with Gasteiger partial charge in [0, 0.05) is 12.8 Å². The van der Waals surface area contributed by atoms with Gasteiger partial charge < -0.3 is 9.53 Å². The van der Waals surface area contributed by atoms with Crippen molar-refractivity contribution >= 4 is 11.8 Å². The molecule has 0 radical (unpaired) electrons. The zero-order chi connectivity index (χ0) is 11.5. The fourth-order valence-corrected chi connectivity index (χ4v) is 1.07. The Hall–Kier alpha value is -1.12. The van der Waals surface area contributed by atoms with Gasteiger partial charge in [-0.15, -0.1) is 0 Å². The largest absolute Gasteiger partial charge is 0.461 e. The van der Waals surface area contributed by atoms with Gasteiger partial charge in [0.15, 0.2) is 0 Å². The minimum Gasteiger partial charge on any atom is -0.461 e. The molecule has 0 aliphatic carbocycles. The number of Topliss-reactive ketones (excluding diaryl/α,β-unsaturated/α-hetero) is 1. The standard InChI is InChI=1S/C12H20O3/c1-3-8-12(14)15-10-7-5-4-6-9-11(2)13/h5,7H,3-4,6,8-10H2,1-2H3/b7-5+. The molecule has 0 fully saturated rings. The van der Waals surface area contributed by atoms with Crippen molar-refractivity contribution in [2.75, 3.05) is 6.61 Å². The topological polar surface area (TPSA) is 43.4 Å². The Balaban J connectivity index is 3.31. The molecule has 0 saturated carbocycles. The van der Waals surface area contributed by atoms with Crippen molar-refractivity contribution in [2.24, 2.45) is 0 Å². The van der Waals surface area contributed by atoms with E-state index in [4.69, 9.17) is 4.74 Å². The Kier molecular flexibility index (Phi) is 8.73. The van der Waals surface area contributed by atoms with E-state index in [-0.39, 0.29) is 11.8 Å². The highest BCUT2D eigenvalue weighted by Gasteiger charge is 1.97. The van der Waals surface area contributed by atoms with Crippen molar-refractivity contribution in [1.29, 1.82) is 0 Å². The molecule has 0 aromatic carbocycles. The number of carbonyl (C=O) groups excluding carboxylic acids is 2. The summed E-state index contributed by atoms with van der Waals surface area (Å²) in [5.74, 6) is 0.0728. The summed E-state index contributed by atoms with van der Waals surface area (Å²) in [6.07, 6.45) is 7.44. The van der Waals surface area contributed by atoms with Crippen LogP contribution in [0.4, 0.5) is 0 Å². The van der Waals surface area contributed by atoms with Crippen LogP contribution in [0.1, 0.15) is 46.0 Å². The van der Waals surface area contributed by atoms with Gasteiger partial charge in [-0.2, -0.15) is 0 Å². The minimum atomic E-state index is -0.147. The van der Waals surface area contributed by atoms with Gasteiger partial charge in [0.05, 0.1) is 0 Å². The summed E-state index contributed by atoms with van der Waals surface area (Å²) in [6.45, 7) is 3.88. The summed E-state index contributed by atoms with van der Waals surface area (Å²) < 4.78 is 4.92. The molecular formula is C12H20O3. The Morgan fingerprint density at radius 3 is 2.53 bits per heavy atom. The highest BCUT2D eigenvalue weighted by atomic mass is 16.5. The summed E-state index contributed by atoms with van der Waals surface area (Å²) in [7, 11) is 0. The third-order valence-electron chi connectivity index (χ3n) is 1.86. The van der Waals surface area contributed by atoms with Crippen molar-refractivity contribution in [2.45, 2.75) is 46.0 Å². The molecule has 0 heterocycles. The fraction of sp³-hybridized carbons (Fsp3) is 0.667. The zero-order valence-corrected chi connectivity index (χ0v) is 9.62. The first kappa shape index (κ1) is 13.9. The van der Waals surface area contributed by atoms with E-state index >= 15 is 0 Å². The van der Waals surface area contributed by atoms with Gasteiger partial charge in [0.1, 0.15) is 12.4 Å². The predicted molar refractivity (Wildman–Crippen MR) is 59.5 cm³/mol. The molecule has 0 amide bonds. The normalized spacial score (nSPS) is 10.5. The van der Waals surface area contributed by atoms with Crippen molar-refractivity contribution in [3.63, 3.8) is 0 Å². The lowest BCUT2D eigenvalue weighted by Gasteiger charge is -1.98. The van der Waals surface area contributed by atoms with Gasteiger partial charge in [-0.25, -0.2) is 0 Å². The maximum atomic E-state index is 10.9. The molecule has 0 saturated heterocycles. The Labute approximate surface area is 91.5 Å². The number of ketones is 1. The number of ether oxygens (including phenoxy) is 1. The Morgan fingerprint density at radius 2 is 1.93 bits per heavy atom. The van der Waals surface area contributed by atoms with Crippen molar-refractivity contribution < 1.29 is 14.3 Å². The number of rotatable bonds is 8. The molecule has 0 N–H and O–H groups in total. The van der Waals surface area contributed by atoms with E-state index in [2.05, 4.69) is 0 Å². The van der Waals surface area contributed by atoms with Gasteiger partial charge in [0.25, 0.3) is 0 Å². The van der Waals surface area contributed by atoms with Gasteiger partial charge in [0.2, 0.25) is 0 Å². The first-order chi connectivity index (χ1) is 7.16. The van der Waals surface area contributed by atoms with Crippen LogP contribution >= 0.6 is 0 Å². The molecule has 0 rings (SSSR count). The molecule has 0 bridgehead atoms. The van der Waals surface area contributed by atoms with Crippen LogP contribution in [-0.2, 0) is 14.3 Å². The molecule has 0 aromatic rings. The zero-order valence-electron chi connectivity index (χ0n) is 9.62. The summed E-state index contributed by atoms with van der Waals surface area (Å²) in [5, 5.41) is 0. The molecule has 0 atom stereocenters. The number of esters is 1. The average Bonchev–Trinajstić information content (AvgIpc) is 2.16. The number of allylic oxidation sites excluding steroid dienone is 1. The first-order valence-electron chi connectivity index (χ1n) is 5.47. The molecule has 0 aliphatic rings. The van der Waals surface area contributed by atoms with Crippen LogP contribution in [0.3, 0.4) is 0 Å². The number of hydrogen-bond donors (Lipinski definition) is 0. The van der Waals surface area contributed by atoms with E-state index in [1.54, 1.807) is 6.92 Å². The summed E-state index contributed by atoms with van der Waals surface area (Å²) in [6, 6.07) is 0. The fourth-order valence-electron chi connectivity index (χ4n) is 1.07. The van der Waals surface area contributed by atoms with Gasteiger partial charge in [-0.05, 0) is 26.2 Å². The maximum absolute atomic E-state index is 10.9.